The molecule has 2 saturated carbocycles. The van der Waals surface area contributed by atoms with Gasteiger partial charge < -0.3 is 25.0 Å². The van der Waals surface area contributed by atoms with Crippen molar-refractivity contribution in [3.8, 4) is 0 Å². The molecule has 15 nitrogen and oxygen atoms in total. The highest BCUT2D eigenvalue weighted by Gasteiger charge is 2.62. The van der Waals surface area contributed by atoms with Crippen molar-refractivity contribution >= 4 is 39.8 Å². The molecule has 256 valence electrons. The Morgan fingerprint density at radius 2 is 1.85 bits per heavy atom. The summed E-state index contributed by atoms with van der Waals surface area (Å²) in [5.74, 6) is -3.37. The SMILES string of the molecule is CC(C)(C)OC(=O)N[C@H]1CCCCC/C=C\[C@H]2C[C@@]2(C(=O)NS(=O)(=O)C2CC2)NC(=O)[C@@H]2C[C@@H](OC(=O)c3cnccn3)CN2C1=O. The standard InChI is InChI=1S/C31H42N6O9S/c1-30(2,3)46-29(42)34-22-10-8-6-4-5-7-9-19-16-31(19,28(41)36-47(43,44)21-11-12-21)35-25(38)24-15-20(18-37(24)26(22)39)45-27(40)23-17-32-13-14-33-23/h7,9,13-14,17,19-22,24H,4-6,8,10-12,15-16,18H2,1-3H3,(H,34,42)(H,35,38)(H,36,41)/b9-7-/t19-,20+,22-,24-,31+/m0/s1. The van der Waals surface area contributed by atoms with Crippen LogP contribution in [0.15, 0.2) is 30.7 Å². The maximum atomic E-state index is 14.1. The highest BCUT2D eigenvalue weighted by atomic mass is 32.2. The lowest BCUT2D eigenvalue weighted by Crippen LogP contribution is -2.58. The van der Waals surface area contributed by atoms with Gasteiger partial charge in [0.2, 0.25) is 21.8 Å². The zero-order valence-electron chi connectivity index (χ0n) is 26.8. The Morgan fingerprint density at radius 1 is 1.09 bits per heavy atom. The number of nitrogens with zero attached hydrogens (tertiary/aromatic N) is 3. The van der Waals surface area contributed by atoms with Crippen LogP contribution in [0.2, 0.25) is 0 Å². The van der Waals surface area contributed by atoms with E-state index in [-0.39, 0.29) is 31.5 Å². The van der Waals surface area contributed by atoms with Gasteiger partial charge in [0.05, 0.1) is 18.0 Å². The first kappa shape index (κ1) is 34.3. The van der Waals surface area contributed by atoms with Gasteiger partial charge in [0.1, 0.15) is 29.3 Å². The molecule has 1 saturated heterocycles. The lowest BCUT2D eigenvalue weighted by atomic mass is 10.0. The van der Waals surface area contributed by atoms with Gasteiger partial charge in [-0.15, -0.1) is 0 Å². The summed E-state index contributed by atoms with van der Waals surface area (Å²) in [6.07, 6.45) is 9.97. The van der Waals surface area contributed by atoms with Crippen LogP contribution in [0, 0.1) is 5.92 Å². The average Bonchev–Trinajstić information content (AvgIpc) is 3.92. The normalized spacial score (nSPS) is 29.1. The van der Waals surface area contributed by atoms with Crippen LogP contribution in [-0.4, -0.2) is 94.2 Å². The van der Waals surface area contributed by atoms with E-state index < -0.39 is 80.3 Å². The van der Waals surface area contributed by atoms with Gasteiger partial charge in [0.15, 0.2) is 5.69 Å². The number of hydrogen-bond acceptors (Lipinski definition) is 11. The Kier molecular flexibility index (Phi) is 9.89. The number of amides is 4. The summed E-state index contributed by atoms with van der Waals surface area (Å²) < 4.78 is 38.5. The number of allylic oxidation sites excluding steroid dienone is 1. The number of esters is 1. The Bertz CT molecular complexity index is 1530. The molecular formula is C31H42N6O9S. The number of carbonyl (C=O) groups is 5. The molecule has 47 heavy (non-hydrogen) atoms. The van der Waals surface area contributed by atoms with Crippen LogP contribution in [0.1, 0.15) is 89.0 Å². The van der Waals surface area contributed by atoms with Crippen LogP contribution in [0.5, 0.6) is 0 Å². The number of sulfonamides is 1. The number of ether oxygens (including phenoxy) is 2. The molecule has 1 aromatic heterocycles. The maximum absolute atomic E-state index is 14.1. The third-order valence-electron chi connectivity index (χ3n) is 8.58. The number of aromatic nitrogens is 2. The first-order valence-corrected chi connectivity index (χ1v) is 17.5. The van der Waals surface area contributed by atoms with Crippen molar-refractivity contribution < 1.29 is 41.9 Å². The topological polar surface area (TPSA) is 203 Å². The van der Waals surface area contributed by atoms with Crippen molar-refractivity contribution in [1.82, 2.24) is 30.2 Å². The van der Waals surface area contributed by atoms with E-state index in [1.54, 1.807) is 20.8 Å². The molecule has 3 heterocycles. The molecule has 1 aromatic rings. The van der Waals surface area contributed by atoms with E-state index in [1.165, 1.54) is 23.5 Å². The van der Waals surface area contributed by atoms with Crippen molar-refractivity contribution in [1.29, 1.82) is 0 Å². The summed E-state index contributed by atoms with van der Waals surface area (Å²) in [6, 6.07) is -2.25. The summed E-state index contributed by atoms with van der Waals surface area (Å²) in [7, 11) is -3.90. The van der Waals surface area contributed by atoms with Crippen molar-refractivity contribution in [2.24, 2.45) is 5.92 Å². The second kappa shape index (κ2) is 13.6. The smallest absolute Gasteiger partial charge is 0.408 e. The average molecular weight is 675 g/mol. The van der Waals surface area contributed by atoms with Gasteiger partial charge in [-0.3, -0.25) is 24.1 Å². The lowest BCUT2D eigenvalue weighted by Gasteiger charge is -2.30. The Balaban J connectivity index is 1.42. The highest BCUT2D eigenvalue weighted by molar-refractivity contribution is 7.91. The van der Waals surface area contributed by atoms with Crippen LogP contribution >= 0.6 is 0 Å². The molecule has 3 fully saturated rings. The molecule has 2 aliphatic heterocycles. The molecule has 2 aliphatic carbocycles. The fourth-order valence-corrected chi connectivity index (χ4v) is 7.28. The molecule has 0 unspecified atom stereocenters. The van der Waals surface area contributed by atoms with Gasteiger partial charge in [-0.05, 0) is 59.3 Å². The van der Waals surface area contributed by atoms with Gasteiger partial charge in [0.25, 0.3) is 5.91 Å². The zero-order valence-corrected chi connectivity index (χ0v) is 27.6. The van der Waals surface area contributed by atoms with Gasteiger partial charge in [-0.25, -0.2) is 23.0 Å². The second-order valence-corrected chi connectivity index (χ2v) is 15.5. The van der Waals surface area contributed by atoms with Gasteiger partial charge in [-0.2, -0.15) is 0 Å². The van der Waals surface area contributed by atoms with Crippen LogP contribution < -0.4 is 15.4 Å². The predicted octanol–water partition coefficient (Wildman–Crippen LogP) is 1.50. The van der Waals surface area contributed by atoms with Crippen LogP contribution in [-0.2, 0) is 33.9 Å². The Morgan fingerprint density at radius 3 is 2.53 bits per heavy atom. The molecule has 16 heteroatoms. The molecule has 5 rings (SSSR count). The van der Waals surface area contributed by atoms with Crippen LogP contribution in [0.25, 0.3) is 0 Å². The molecule has 0 radical (unpaired) electrons. The largest absolute Gasteiger partial charge is 0.456 e. The van der Waals surface area contributed by atoms with E-state index in [2.05, 4.69) is 25.3 Å². The Hall–Kier alpha value is -4.08. The van der Waals surface area contributed by atoms with Crippen molar-refractivity contribution in [2.45, 2.75) is 113 Å². The minimum Gasteiger partial charge on any atom is -0.456 e. The number of rotatable bonds is 6. The minimum absolute atomic E-state index is 0.0580. The number of fused-ring (bicyclic) bond motifs is 2. The van der Waals surface area contributed by atoms with Gasteiger partial charge in [-0.1, -0.05) is 25.0 Å². The fraction of sp³-hybridized carbons (Fsp3) is 0.645. The van der Waals surface area contributed by atoms with E-state index in [9.17, 15) is 32.4 Å². The molecule has 3 N–H and O–H groups in total. The molecule has 0 spiro atoms. The molecule has 4 aliphatic rings. The first-order valence-electron chi connectivity index (χ1n) is 16.0. The Labute approximate surface area is 273 Å². The minimum atomic E-state index is -3.90. The fourth-order valence-electron chi connectivity index (χ4n) is 5.91. The van der Waals surface area contributed by atoms with E-state index in [0.29, 0.717) is 25.7 Å². The molecule has 0 aromatic carbocycles. The van der Waals surface area contributed by atoms with Gasteiger partial charge >= 0.3 is 12.1 Å². The van der Waals surface area contributed by atoms with Crippen molar-refractivity contribution in [2.75, 3.05) is 6.54 Å². The van der Waals surface area contributed by atoms with E-state index in [0.717, 1.165) is 12.8 Å². The molecule has 0 bridgehead atoms. The molecular weight excluding hydrogens is 632 g/mol. The lowest BCUT2D eigenvalue weighted by molar-refractivity contribution is -0.141. The quantitative estimate of drug-likeness (QED) is 0.291. The summed E-state index contributed by atoms with van der Waals surface area (Å²) in [6.45, 7) is 4.92. The third-order valence-corrected chi connectivity index (χ3v) is 10.4. The third kappa shape index (κ3) is 8.45. The van der Waals surface area contributed by atoms with E-state index >= 15 is 0 Å². The second-order valence-electron chi connectivity index (χ2n) is 13.6. The van der Waals surface area contributed by atoms with Crippen molar-refractivity contribution in [3.63, 3.8) is 0 Å². The number of hydrogen-bond donors (Lipinski definition) is 3. The maximum Gasteiger partial charge on any atom is 0.408 e. The highest BCUT2D eigenvalue weighted by Crippen LogP contribution is 2.46. The molecule has 5 atom stereocenters. The monoisotopic (exact) mass is 674 g/mol. The van der Waals surface area contributed by atoms with Crippen LogP contribution in [0.4, 0.5) is 4.79 Å². The first-order chi connectivity index (χ1) is 22.2. The van der Waals surface area contributed by atoms with Crippen LogP contribution in [0.3, 0.4) is 0 Å². The number of carbonyl (C=O) groups excluding carboxylic acids is 5. The van der Waals surface area contributed by atoms with Gasteiger partial charge in [0, 0.05) is 24.7 Å². The van der Waals surface area contributed by atoms with E-state index in [1.807, 2.05) is 12.2 Å². The van der Waals surface area contributed by atoms with Crippen molar-refractivity contribution in [3.05, 3.63) is 36.4 Å². The number of alkyl carbamates (subject to hydrolysis) is 1. The summed E-state index contributed by atoms with van der Waals surface area (Å²) in [4.78, 5) is 76.3. The summed E-state index contributed by atoms with van der Waals surface area (Å²) in [5, 5.41) is 4.78. The summed E-state index contributed by atoms with van der Waals surface area (Å²) in [5.41, 5.74) is -2.41. The number of nitrogens with one attached hydrogen (secondary N) is 3. The predicted molar refractivity (Wildman–Crippen MR) is 166 cm³/mol. The summed E-state index contributed by atoms with van der Waals surface area (Å²) >= 11 is 0. The molecule has 4 amide bonds. The zero-order chi connectivity index (χ0) is 34.0. The van der Waals surface area contributed by atoms with E-state index in [4.69, 9.17) is 9.47 Å².